The van der Waals surface area contributed by atoms with Gasteiger partial charge in [-0.25, -0.2) is 17.6 Å². The van der Waals surface area contributed by atoms with Gasteiger partial charge in [0.1, 0.15) is 5.82 Å². The van der Waals surface area contributed by atoms with Gasteiger partial charge in [0.15, 0.2) is 0 Å². The van der Waals surface area contributed by atoms with E-state index >= 15 is 0 Å². The summed E-state index contributed by atoms with van der Waals surface area (Å²) in [5.74, 6) is -0.690. The van der Waals surface area contributed by atoms with Crippen molar-refractivity contribution in [3.8, 4) is 0 Å². The van der Waals surface area contributed by atoms with Crippen molar-refractivity contribution >= 4 is 21.7 Å². The Kier molecular flexibility index (Phi) is 3.25. The van der Waals surface area contributed by atoms with Crippen molar-refractivity contribution in [2.45, 2.75) is 10.9 Å². The van der Waals surface area contributed by atoms with Gasteiger partial charge < -0.3 is 16.0 Å². The maximum atomic E-state index is 13.4. The number of nitrogens with zero attached hydrogens (tertiary/aromatic N) is 2. The van der Waals surface area contributed by atoms with E-state index in [1.807, 2.05) is 0 Å². The third-order valence-electron chi connectivity index (χ3n) is 3.73. The third kappa shape index (κ3) is 2.42. The first-order valence-electron chi connectivity index (χ1n) is 6.48. The average molecular weight is 314 g/mol. The average Bonchev–Trinajstić information content (AvgIpc) is 2.79. The number of urea groups is 1. The van der Waals surface area contributed by atoms with Gasteiger partial charge in [-0.05, 0) is 18.2 Å². The number of sulfonamides is 1. The number of rotatable bonds is 2. The van der Waals surface area contributed by atoms with Crippen LogP contribution in [-0.2, 0) is 10.0 Å². The maximum absolute atomic E-state index is 13.4. The van der Waals surface area contributed by atoms with Crippen LogP contribution >= 0.6 is 0 Å². The van der Waals surface area contributed by atoms with Crippen molar-refractivity contribution in [2.75, 3.05) is 31.9 Å². The topological polar surface area (TPSA) is 95.7 Å². The van der Waals surface area contributed by atoms with Gasteiger partial charge in [0.05, 0.1) is 10.9 Å². The maximum Gasteiger partial charge on any atom is 0.317 e. The number of benzene rings is 1. The number of anilines is 1. The molecule has 3 N–H and O–H groups in total. The van der Waals surface area contributed by atoms with Crippen molar-refractivity contribution in [2.24, 2.45) is 0 Å². The van der Waals surface area contributed by atoms with Gasteiger partial charge in [-0.1, -0.05) is 0 Å². The predicted molar refractivity (Wildman–Crippen MR) is 73.5 cm³/mol. The molecule has 114 valence electrons. The Morgan fingerprint density at radius 2 is 2.05 bits per heavy atom. The highest BCUT2D eigenvalue weighted by Gasteiger charge is 2.39. The number of nitrogens with one attached hydrogen (secondary N) is 1. The fourth-order valence-electron chi connectivity index (χ4n) is 2.68. The number of piperazine rings is 1. The van der Waals surface area contributed by atoms with E-state index in [0.29, 0.717) is 13.1 Å². The van der Waals surface area contributed by atoms with E-state index < -0.39 is 15.8 Å². The summed E-state index contributed by atoms with van der Waals surface area (Å²) in [5, 5.41) is 2.68. The molecule has 1 aromatic carbocycles. The molecule has 2 aliphatic rings. The zero-order chi connectivity index (χ0) is 15.2. The van der Waals surface area contributed by atoms with Crippen LogP contribution < -0.4 is 11.1 Å². The molecule has 2 saturated heterocycles. The monoisotopic (exact) mass is 314 g/mol. The number of carbonyl (C=O) groups is 1. The lowest BCUT2D eigenvalue weighted by atomic mass is 10.2. The first kappa shape index (κ1) is 14.1. The summed E-state index contributed by atoms with van der Waals surface area (Å²) in [6.45, 7) is 1.11. The lowest BCUT2D eigenvalue weighted by molar-refractivity contribution is 0.164. The van der Waals surface area contributed by atoms with E-state index in [-0.39, 0.29) is 35.7 Å². The third-order valence-corrected chi connectivity index (χ3v) is 5.57. The van der Waals surface area contributed by atoms with Gasteiger partial charge >= 0.3 is 6.03 Å². The Hall–Kier alpha value is -1.87. The number of amides is 2. The molecule has 0 saturated carbocycles. The van der Waals surface area contributed by atoms with E-state index in [0.717, 1.165) is 12.1 Å². The summed E-state index contributed by atoms with van der Waals surface area (Å²) in [6, 6.07) is 2.90. The summed E-state index contributed by atoms with van der Waals surface area (Å²) in [4.78, 5) is 13.0. The van der Waals surface area contributed by atoms with Crippen molar-refractivity contribution in [3.63, 3.8) is 0 Å². The molecule has 9 heteroatoms. The molecule has 1 aromatic rings. The standard InChI is InChI=1S/C12H15FN4O3S/c13-8-3-9(14)5-11(4-8)21(19,20)16-1-2-17-10(7-16)6-15-12(17)18/h3-5,10H,1-2,6-7,14H2,(H,15,18). The van der Waals surface area contributed by atoms with Crippen LogP contribution in [0, 0.1) is 5.82 Å². The number of carbonyl (C=O) groups excluding carboxylic acids is 1. The van der Waals surface area contributed by atoms with E-state index in [9.17, 15) is 17.6 Å². The molecule has 2 amide bonds. The Balaban J connectivity index is 1.87. The molecular formula is C12H15FN4O3S. The van der Waals surface area contributed by atoms with Gasteiger partial charge in [0.2, 0.25) is 10.0 Å². The zero-order valence-electron chi connectivity index (χ0n) is 11.1. The smallest absolute Gasteiger partial charge is 0.317 e. The minimum atomic E-state index is -3.82. The number of nitrogen functional groups attached to an aromatic ring is 1. The Bertz CT molecular complexity index is 673. The van der Waals surface area contributed by atoms with Crippen molar-refractivity contribution in [1.29, 1.82) is 0 Å². The molecule has 3 rings (SSSR count). The molecule has 1 atom stereocenters. The van der Waals surface area contributed by atoms with Crippen LogP contribution in [0.5, 0.6) is 0 Å². The number of hydrogen-bond donors (Lipinski definition) is 2. The van der Waals surface area contributed by atoms with Crippen LogP contribution in [0.1, 0.15) is 0 Å². The Morgan fingerprint density at radius 1 is 1.29 bits per heavy atom. The molecule has 0 radical (unpaired) electrons. The first-order valence-corrected chi connectivity index (χ1v) is 7.92. The summed E-state index contributed by atoms with van der Waals surface area (Å²) >= 11 is 0. The fraction of sp³-hybridized carbons (Fsp3) is 0.417. The lowest BCUT2D eigenvalue weighted by Gasteiger charge is -2.35. The predicted octanol–water partition coefficient (Wildman–Crippen LogP) is -0.194. The molecule has 0 aromatic heterocycles. The molecular weight excluding hydrogens is 299 g/mol. The molecule has 7 nitrogen and oxygen atoms in total. The molecule has 0 spiro atoms. The molecule has 0 aliphatic carbocycles. The largest absolute Gasteiger partial charge is 0.399 e. The highest BCUT2D eigenvalue weighted by molar-refractivity contribution is 7.89. The van der Waals surface area contributed by atoms with Gasteiger partial charge in [-0.2, -0.15) is 4.31 Å². The Labute approximate surface area is 121 Å². The molecule has 0 bridgehead atoms. The summed E-state index contributed by atoms with van der Waals surface area (Å²) in [6.07, 6.45) is 0. The highest BCUT2D eigenvalue weighted by Crippen LogP contribution is 2.24. The van der Waals surface area contributed by atoms with Crippen LogP contribution in [0.25, 0.3) is 0 Å². The second kappa shape index (κ2) is 4.85. The van der Waals surface area contributed by atoms with Crippen LogP contribution in [0.3, 0.4) is 0 Å². The normalized spacial score (nSPS) is 23.0. The van der Waals surface area contributed by atoms with E-state index in [1.54, 1.807) is 4.90 Å². The highest BCUT2D eigenvalue weighted by atomic mass is 32.2. The van der Waals surface area contributed by atoms with E-state index in [2.05, 4.69) is 5.32 Å². The zero-order valence-corrected chi connectivity index (χ0v) is 11.9. The molecule has 2 aliphatic heterocycles. The van der Waals surface area contributed by atoms with Gasteiger partial charge in [0, 0.05) is 31.9 Å². The number of fused-ring (bicyclic) bond motifs is 1. The second-order valence-corrected chi connectivity index (χ2v) is 7.05. The minimum absolute atomic E-state index is 0.0601. The molecule has 21 heavy (non-hydrogen) atoms. The fourth-order valence-corrected chi connectivity index (χ4v) is 4.21. The minimum Gasteiger partial charge on any atom is -0.399 e. The number of hydrogen-bond acceptors (Lipinski definition) is 4. The summed E-state index contributed by atoms with van der Waals surface area (Å²) in [7, 11) is -3.82. The van der Waals surface area contributed by atoms with Gasteiger partial charge in [0.25, 0.3) is 0 Å². The summed E-state index contributed by atoms with van der Waals surface area (Å²) in [5.41, 5.74) is 5.56. The lowest BCUT2D eigenvalue weighted by Crippen LogP contribution is -2.53. The van der Waals surface area contributed by atoms with Crippen LogP contribution in [0.2, 0.25) is 0 Å². The van der Waals surface area contributed by atoms with Crippen LogP contribution in [0.4, 0.5) is 14.9 Å². The number of nitrogens with two attached hydrogens (primary N) is 1. The van der Waals surface area contributed by atoms with E-state index in [1.165, 1.54) is 10.4 Å². The Morgan fingerprint density at radius 3 is 2.76 bits per heavy atom. The molecule has 2 fully saturated rings. The molecule has 1 unspecified atom stereocenters. The first-order chi connectivity index (χ1) is 9.88. The van der Waals surface area contributed by atoms with Crippen molar-refractivity contribution in [3.05, 3.63) is 24.0 Å². The van der Waals surface area contributed by atoms with Crippen molar-refractivity contribution < 1.29 is 17.6 Å². The van der Waals surface area contributed by atoms with Crippen molar-refractivity contribution in [1.82, 2.24) is 14.5 Å². The molecule has 2 heterocycles. The quantitative estimate of drug-likeness (QED) is 0.739. The number of halogens is 1. The second-order valence-electron chi connectivity index (χ2n) is 5.12. The van der Waals surface area contributed by atoms with Gasteiger partial charge in [-0.3, -0.25) is 0 Å². The summed E-state index contributed by atoms with van der Waals surface area (Å²) < 4.78 is 39.7. The van der Waals surface area contributed by atoms with E-state index in [4.69, 9.17) is 5.73 Å². The SMILES string of the molecule is Nc1cc(F)cc(S(=O)(=O)N2CCN3C(=O)NCC3C2)c1. The van der Waals surface area contributed by atoms with Crippen LogP contribution in [0.15, 0.2) is 23.1 Å². The van der Waals surface area contributed by atoms with Crippen LogP contribution in [-0.4, -0.2) is 55.9 Å². The van der Waals surface area contributed by atoms with Gasteiger partial charge in [-0.15, -0.1) is 0 Å².